The summed E-state index contributed by atoms with van der Waals surface area (Å²) in [6, 6.07) is 3.20. The van der Waals surface area contributed by atoms with Crippen LogP contribution in [0.15, 0.2) is 22.8 Å². The van der Waals surface area contributed by atoms with E-state index < -0.39 is 0 Å². The van der Waals surface area contributed by atoms with Crippen molar-refractivity contribution >= 4 is 17.7 Å². The van der Waals surface area contributed by atoms with Gasteiger partial charge in [-0.25, -0.2) is 0 Å². The number of hydrogen-bond donors (Lipinski definition) is 0. The minimum Gasteiger partial charge on any atom is -0.467 e. The Bertz CT molecular complexity index is 626. The van der Waals surface area contributed by atoms with E-state index in [4.69, 9.17) is 4.42 Å². The Kier molecular flexibility index (Phi) is 4.59. The van der Waals surface area contributed by atoms with Gasteiger partial charge in [-0.1, -0.05) is 0 Å². The first kappa shape index (κ1) is 16.5. The first-order valence-electron chi connectivity index (χ1n) is 8.29. The van der Waals surface area contributed by atoms with Crippen LogP contribution in [0.1, 0.15) is 25.0 Å². The molecule has 0 radical (unpaired) electrons. The third-order valence-electron chi connectivity index (χ3n) is 4.75. The van der Waals surface area contributed by atoms with E-state index in [9.17, 15) is 14.4 Å². The van der Waals surface area contributed by atoms with Gasteiger partial charge >= 0.3 is 0 Å². The Morgan fingerprint density at radius 1 is 1.38 bits per heavy atom. The van der Waals surface area contributed by atoms with E-state index in [1.54, 1.807) is 36.2 Å². The topological polar surface area (TPSA) is 74.1 Å². The van der Waals surface area contributed by atoms with Crippen molar-refractivity contribution in [1.29, 1.82) is 0 Å². The number of carbonyl (C=O) groups excluding carboxylic acids is 3. The molecule has 0 aromatic carbocycles. The van der Waals surface area contributed by atoms with Crippen LogP contribution in [-0.4, -0.2) is 65.6 Å². The van der Waals surface area contributed by atoms with Crippen molar-refractivity contribution in [2.24, 2.45) is 5.92 Å². The second-order valence-corrected chi connectivity index (χ2v) is 6.68. The molecule has 2 aliphatic rings. The average molecular weight is 333 g/mol. The predicted octanol–water partition coefficient (Wildman–Crippen LogP) is 0.707. The van der Waals surface area contributed by atoms with Crippen LogP contribution < -0.4 is 0 Å². The van der Waals surface area contributed by atoms with Crippen molar-refractivity contribution in [3.63, 3.8) is 0 Å². The zero-order chi connectivity index (χ0) is 17.3. The second kappa shape index (κ2) is 6.67. The molecule has 130 valence electrons. The zero-order valence-corrected chi connectivity index (χ0v) is 14.1. The van der Waals surface area contributed by atoms with Gasteiger partial charge in [0.2, 0.25) is 17.7 Å². The molecule has 3 heterocycles. The smallest absolute Gasteiger partial charge is 0.244 e. The quantitative estimate of drug-likeness (QED) is 0.813. The van der Waals surface area contributed by atoms with E-state index in [0.717, 1.165) is 6.42 Å². The maximum atomic E-state index is 12.8. The number of carbonyl (C=O) groups is 3. The molecule has 24 heavy (non-hydrogen) atoms. The van der Waals surface area contributed by atoms with Crippen molar-refractivity contribution in [2.75, 3.05) is 27.2 Å². The number of likely N-dealkylation sites (tertiary alicyclic amines) is 2. The zero-order valence-electron chi connectivity index (χ0n) is 14.1. The van der Waals surface area contributed by atoms with Crippen molar-refractivity contribution < 1.29 is 18.8 Å². The largest absolute Gasteiger partial charge is 0.467 e. The summed E-state index contributed by atoms with van der Waals surface area (Å²) < 4.78 is 5.27. The molecule has 1 aromatic rings. The lowest BCUT2D eigenvalue weighted by Crippen LogP contribution is -2.47. The fourth-order valence-electron chi connectivity index (χ4n) is 3.50. The molecule has 2 fully saturated rings. The van der Waals surface area contributed by atoms with E-state index in [-0.39, 0.29) is 36.1 Å². The van der Waals surface area contributed by atoms with Gasteiger partial charge in [-0.2, -0.15) is 0 Å². The van der Waals surface area contributed by atoms with Crippen LogP contribution in [0, 0.1) is 5.92 Å². The molecule has 0 spiro atoms. The Morgan fingerprint density at radius 3 is 2.83 bits per heavy atom. The van der Waals surface area contributed by atoms with Gasteiger partial charge in [0.15, 0.2) is 0 Å². The predicted molar refractivity (Wildman–Crippen MR) is 85.7 cm³/mol. The highest BCUT2D eigenvalue weighted by molar-refractivity contribution is 5.93. The van der Waals surface area contributed by atoms with Gasteiger partial charge in [0.25, 0.3) is 0 Å². The highest BCUT2D eigenvalue weighted by Crippen LogP contribution is 2.27. The fraction of sp³-hybridized carbons (Fsp3) is 0.588. The van der Waals surface area contributed by atoms with Gasteiger partial charge in [0.1, 0.15) is 11.8 Å². The van der Waals surface area contributed by atoms with Crippen LogP contribution >= 0.6 is 0 Å². The van der Waals surface area contributed by atoms with Crippen LogP contribution in [0.3, 0.4) is 0 Å². The van der Waals surface area contributed by atoms with Crippen LogP contribution in [0.2, 0.25) is 0 Å². The molecule has 2 unspecified atom stereocenters. The van der Waals surface area contributed by atoms with E-state index in [1.807, 2.05) is 6.07 Å². The molecule has 2 atom stereocenters. The summed E-state index contributed by atoms with van der Waals surface area (Å²) in [5.74, 6) is 0.168. The summed E-state index contributed by atoms with van der Waals surface area (Å²) >= 11 is 0. The molecule has 1 aromatic heterocycles. The SMILES string of the molecule is CN(C)C(=O)C1CCCN1C(=O)C1CC(=O)N(Cc2ccco2)C1. The number of hydrogen-bond acceptors (Lipinski definition) is 4. The van der Waals surface area contributed by atoms with Crippen LogP contribution in [0.5, 0.6) is 0 Å². The van der Waals surface area contributed by atoms with Crippen LogP contribution in [0.4, 0.5) is 0 Å². The van der Waals surface area contributed by atoms with E-state index in [1.165, 1.54) is 4.90 Å². The highest BCUT2D eigenvalue weighted by atomic mass is 16.3. The second-order valence-electron chi connectivity index (χ2n) is 6.68. The van der Waals surface area contributed by atoms with E-state index in [0.29, 0.717) is 31.8 Å². The molecule has 0 saturated carbocycles. The fourth-order valence-corrected chi connectivity index (χ4v) is 3.50. The maximum absolute atomic E-state index is 12.8. The maximum Gasteiger partial charge on any atom is 0.244 e. The molecular formula is C17H23N3O4. The summed E-state index contributed by atoms with van der Waals surface area (Å²) in [5, 5.41) is 0. The Hall–Kier alpha value is -2.31. The molecule has 7 nitrogen and oxygen atoms in total. The van der Waals surface area contributed by atoms with Crippen LogP contribution in [-0.2, 0) is 20.9 Å². The van der Waals surface area contributed by atoms with Gasteiger partial charge in [-0.15, -0.1) is 0 Å². The minimum absolute atomic E-state index is 0.0422. The summed E-state index contributed by atoms with van der Waals surface area (Å²) in [5.41, 5.74) is 0. The number of likely N-dealkylation sites (N-methyl/N-ethyl adjacent to an activating group) is 1. The molecule has 3 amide bonds. The van der Waals surface area contributed by atoms with Crippen molar-refractivity contribution in [3.8, 4) is 0 Å². The first-order chi connectivity index (χ1) is 11.5. The normalized spacial score (nSPS) is 23.8. The molecule has 0 N–H and O–H groups in total. The molecular weight excluding hydrogens is 310 g/mol. The van der Waals surface area contributed by atoms with E-state index >= 15 is 0 Å². The Morgan fingerprint density at radius 2 is 2.17 bits per heavy atom. The van der Waals surface area contributed by atoms with Crippen molar-refractivity contribution in [1.82, 2.24) is 14.7 Å². The molecule has 0 aliphatic carbocycles. The molecule has 7 heteroatoms. The lowest BCUT2D eigenvalue weighted by atomic mass is 10.1. The molecule has 0 bridgehead atoms. The summed E-state index contributed by atoms with van der Waals surface area (Å²) in [6.07, 6.45) is 3.30. The van der Waals surface area contributed by atoms with Crippen molar-refractivity contribution in [2.45, 2.75) is 31.8 Å². The molecule has 2 saturated heterocycles. The van der Waals surface area contributed by atoms with Gasteiger partial charge in [0.05, 0.1) is 18.7 Å². The van der Waals surface area contributed by atoms with Gasteiger partial charge in [0, 0.05) is 33.6 Å². The molecule has 2 aliphatic heterocycles. The lowest BCUT2D eigenvalue weighted by molar-refractivity contribution is -0.144. The number of furan rings is 1. The van der Waals surface area contributed by atoms with Crippen molar-refractivity contribution in [3.05, 3.63) is 24.2 Å². The summed E-state index contributed by atoms with van der Waals surface area (Å²) in [4.78, 5) is 42.1. The van der Waals surface area contributed by atoms with Crippen LogP contribution in [0.25, 0.3) is 0 Å². The standard InChI is InChI=1S/C17H23N3O4/c1-18(2)17(23)14-6-3-7-20(14)16(22)12-9-15(21)19(10-12)11-13-5-4-8-24-13/h4-5,8,12,14H,3,6-7,9-11H2,1-2H3. The third-order valence-corrected chi connectivity index (χ3v) is 4.75. The first-order valence-corrected chi connectivity index (χ1v) is 8.29. The average Bonchev–Trinajstić information content (AvgIpc) is 3.28. The summed E-state index contributed by atoms with van der Waals surface area (Å²) in [6.45, 7) is 1.36. The lowest BCUT2D eigenvalue weighted by Gasteiger charge is -2.28. The number of rotatable bonds is 4. The Labute approximate surface area is 141 Å². The van der Waals surface area contributed by atoms with Gasteiger partial charge in [-0.3, -0.25) is 14.4 Å². The highest BCUT2D eigenvalue weighted by Gasteiger charge is 2.42. The monoisotopic (exact) mass is 333 g/mol. The molecule has 3 rings (SSSR count). The minimum atomic E-state index is -0.387. The van der Waals surface area contributed by atoms with Gasteiger partial charge < -0.3 is 19.1 Å². The van der Waals surface area contributed by atoms with Gasteiger partial charge in [-0.05, 0) is 25.0 Å². The van der Waals surface area contributed by atoms with E-state index in [2.05, 4.69) is 0 Å². The Balaban J connectivity index is 1.65. The number of nitrogens with zero attached hydrogens (tertiary/aromatic N) is 3. The summed E-state index contributed by atoms with van der Waals surface area (Å²) in [7, 11) is 3.40. The third kappa shape index (κ3) is 3.16. The number of amides is 3.